The van der Waals surface area contributed by atoms with Gasteiger partial charge in [-0.2, -0.15) is 9.61 Å². The van der Waals surface area contributed by atoms with Crippen molar-refractivity contribution in [2.24, 2.45) is 0 Å². The molecule has 2 aromatic heterocycles. The van der Waals surface area contributed by atoms with Gasteiger partial charge in [0.25, 0.3) is 5.56 Å². The highest BCUT2D eigenvalue weighted by atomic mass is 32.2. The third-order valence-corrected chi connectivity index (χ3v) is 7.79. The zero-order valence-corrected chi connectivity index (χ0v) is 20.9. The molecule has 0 radical (unpaired) electrons. The SMILES string of the molecule is COc1cccc(-c2nn3c(=O)cc(CN4CCN(C(=O)CSc5ccccc5)CC4)nc3s2)c1. The Bertz CT molecular complexity index is 1380. The highest BCUT2D eigenvalue weighted by Crippen LogP contribution is 2.27. The molecule has 1 amide bonds. The predicted octanol–water partition coefficient (Wildman–Crippen LogP) is 3.26. The number of carbonyl (C=O) groups excluding carboxylic acids is 1. The van der Waals surface area contributed by atoms with Gasteiger partial charge in [0.1, 0.15) is 10.8 Å². The van der Waals surface area contributed by atoms with E-state index in [4.69, 9.17) is 9.72 Å². The Morgan fingerprint density at radius 3 is 2.63 bits per heavy atom. The molecule has 0 aliphatic carbocycles. The number of hydrogen-bond acceptors (Lipinski definition) is 8. The van der Waals surface area contributed by atoms with Crippen molar-refractivity contribution in [3.63, 3.8) is 0 Å². The van der Waals surface area contributed by atoms with E-state index < -0.39 is 0 Å². The molecule has 2 aromatic carbocycles. The van der Waals surface area contributed by atoms with Crippen molar-refractivity contribution >= 4 is 34.0 Å². The number of amides is 1. The fourth-order valence-electron chi connectivity index (χ4n) is 3.95. The van der Waals surface area contributed by atoms with Crippen LogP contribution in [0.2, 0.25) is 0 Å². The van der Waals surface area contributed by atoms with Crippen molar-refractivity contribution < 1.29 is 9.53 Å². The van der Waals surface area contributed by atoms with E-state index in [2.05, 4.69) is 10.00 Å². The minimum atomic E-state index is -0.192. The average molecular weight is 508 g/mol. The van der Waals surface area contributed by atoms with Gasteiger partial charge in [-0.3, -0.25) is 14.5 Å². The van der Waals surface area contributed by atoms with E-state index in [1.165, 1.54) is 15.9 Å². The van der Waals surface area contributed by atoms with Crippen LogP contribution in [0, 0.1) is 0 Å². The van der Waals surface area contributed by atoms with E-state index in [9.17, 15) is 9.59 Å². The van der Waals surface area contributed by atoms with Gasteiger partial charge < -0.3 is 9.64 Å². The van der Waals surface area contributed by atoms with Crippen LogP contribution < -0.4 is 10.3 Å². The maximum atomic E-state index is 12.7. The monoisotopic (exact) mass is 507 g/mol. The molecule has 1 fully saturated rings. The number of benzene rings is 2. The smallest absolute Gasteiger partial charge is 0.275 e. The first-order valence-corrected chi connectivity index (χ1v) is 13.1. The second-order valence-electron chi connectivity index (χ2n) is 8.18. The maximum absolute atomic E-state index is 12.7. The van der Waals surface area contributed by atoms with Gasteiger partial charge in [0.2, 0.25) is 10.9 Å². The van der Waals surface area contributed by atoms with E-state index in [1.54, 1.807) is 24.9 Å². The molecule has 1 aliphatic heterocycles. The largest absolute Gasteiger partial charge is 0.497 e. The van der Waals surface area contributed by atoms with E-state index in [1.807, 2.05) is 59.5 Å². The first kappa shape index (κ1) is 23.5. The Balaban J connectivity index is 1.21. The number of methoxy groups -OCH3 is 1. The van der Waals surface area contributed by atoms with Crippen LogP contribution in [0.3, 0.4) is 0 Å². The Morgan fingerprint density at radius 1 is 1.06 bits per heavy atom. The van der Waals surface area contributed by atoms with Crippen LogP contribution in [0.5, 0.6) is 5.75 Å². The minimum Gasteiger partial charge on any atom is -0.497 e. The molecule has 3 heterocycles. The summed E-state index contributed by atoms with van der Waals surface area (Å²) in [4.78, 5) is 35.8. The Morgan fingerprint density at radius 2 is 1.86 bits per heavy atom. The maximum Gasteiger partial charge on any atom is 0.275 e. The molecule has 5 rings (SSSR count). The molecule has 4 aromatic rings. The summed E-state index contributed by atoms with van der Waals surface area (Å²) in [5.41, 5.74) is 1.41. The van der Waals surface area contributed by atoms with E-state index in [-0.39, 0.29) is 11.5 Å². The molecule has 180 valence electrons. The zero-order valence-electron chi connectivity index (χ0n) is 19.3. The number of nitrogens with zero attached hydrogens (tertiary/aromatic N) is 5. The molecule has 0 atom stereocenters. The second kappa shape index (κ2) is 10.6. The van der Waals surface area contributed by atoms with Crippen molar-refractivity contribution in [2.75, 3.05) is 39.0 Å². The summed E-state index contributed by atoms with van der Waals surface area (Å²) in [5.74, 6) is 1.34. The van der Waals surface area contributed by atoms with Crippen LogP contribution in [0.1, 0.15) is 5.69 Å². The van der Waals surface area contributed by atoms with Gasteiger partial charge in [0, 0.05) is 49.2 Å². The van der Waals surface area contributed by atoms with Gasteiger partial charge in [-0.25, -0.2) is 4.98 Å². The highest BCUT2D eigenvalue weighted by Gasteiger charge is 2.22. The second-order valence-corrected chi connectivity index (χ2v) is 10.2. The third kappa shape index (κ3) is 5.55. The average Bonchev–Trinajstić information content (AvgIpc) is 3.33. The van der Waals surface area contributed by atoms with Crippen LogP contribution in [0.15, 0.2) is 70.4 Å². The van der Waals surface area contributed by atoms with Gasteiger partial charge in [-0.1, -0.05) is 41.7 Å². The fourth-order valence-corrected chi connectivity index (χ4v) is 5.69. The lowest BCUT2D eigenvalue weighted by molar-refractivity contribution is -0.130. The van der Waals surface area contributed by atoms with Gasteiger partial charge in [0.15, 0.2) is 0 Å². The van der Waals surface area contributed by atoms with Crippen molar-refractivity contribution in [1.29, 1.82) is 0 Å². The quantitative estimate of drug-likeness (QED) is 0.355. The highest BCUT2D eigenvalue weighted by molar-refractivity contribution is 8.00. The van der Waals surface area contributed by atoms with Gasteiger partial charge in [-0.15, -0.1) is 11.8 Å². The number of carbonyl (C=O) groups is 1. The number of ether oxygens (including phenoxy) is 1. The molecule has 0 unspecified atom stereocenters. The number of fused-ring (bicyclic) bond motifs is 1. The summed E-state index contributed by atoms with van der Waals surface area (Å²) in [6.45, 7) is 3.42. The van der Waals surface area contributed by atoms with Crippen LogP contribution in [-0.2, 0) is 11.3 Å². The summed E-state index contributed by atoms with van der Waals surface area (Å²) in [7, 11) is 1.62. The topological polar surface area (TPSA) is 80.0 Å². The minimum absolute atomic E-state index is 0.158. The molecule has 0 bridgehead atoms. The predicted molar refractivity (Wildman–Crippen MR) is 138 cm³/mol. The number of aromatic nitrogens is 3. The van der Waals surface area contributed by atoms with Crippen molar-refractivity contribution in [3.8, 4) is 16.3 Å². The molecule has 10 heteroatoms. The molecule has 8 nitrogen and oxygen atoms in total. The van der Waals surface area contributed by atoms with Gasteiger partial charge >= 0.3 is 0 Å². The summed E-state index contributed by atoms with van der Waals surface area (Å²) in [5, 5.41) is 5.17. The number of thioether (sulfide) groups is 1. The van der Waals surface area contributed by atoms with Crippen LogP contribution in [-0.4, -0.2) is 69.3 Å². The van der Waals surface area contributed by atoms with Gasteiger partial charge in [-0.05, 0) is 24.3 Å². The summed E-state index contributed by atoms with van der Waals surface area (Å²) >= 11 is 2.95. The molecule has 35 heavy (non-hydrogen) atoms. The molecule has 1 saturated heterocycles. The summed E-state index contributed by atoms with van der Waals surface area (Å²) in [6, 6.07) is 19.1. The lowest BCUT2D eigenvalue weighted by Gasteiger charge is -2.34. The molecule has 0 spiro atoms. The Labute approximate surface area is 211 Å². The molecular weight excluding hydrogens is 482 g/mol. The Hall–Kier alpha value is -3.21. The number of piperazine rings is 1. The van der Waals surface area contributed by atoms with Crippen molar-refractivity contribution in [1.82, 2.24) is 24.4 Å². The summed E-state index contributed by atoms with van der Waals surface area (Å²) in [6.07, 6.45) is 0. The summed E-state index contributed by atoms with van der Waals surface area (Å²) < 4.78 is 6.65. The molecule has 1 aliphatic rings. The van der Waals surface area contributed by atoms with Crippen LogP contribution in [0.4, 0.5) is 0 Å². The third-order valence-electron chi connectivity index (χ3n) is 5.83. The Kier molecular flexibility index (Phi) is 7.12. The van der Waals surface area contributed by atoms with Gasteiger partial charge in [0.05, 0.1) is 18.6 Å². The standard InChI is InChI=1S/C25H25N5O3S2/c1-33-20-7-5-6-18(14-20)24-27-30-22(31)15-19(26-25(30)35-24)16-28-10-12-29(13-11-28)23(32)17-34-21-8-3-2-4-9-21/h2-9,14-15H,10-13,16-17H2,1H3. The lowest BCUT2D eigenvalue weighted by Crippen LogP contribution is -2.49. The molecule has 0 saturated carbocycles. The zero-order chi connectivity index (χ0) is 24.2. The van der Waals surface area contributed by atoms with E-state index in [0.29, 0.717) is 35.4 Å². The first-order valence-electron chi connectivity index (χ1n) is 11.3. The van der Waals surface area contributed by atoms with Crippen LogP contribution in [0.25, 0.3) is 15.5 Å². The van der Waals surface area contributed by atoms with E-state index >= 15 is 0 Å². The molecular formula is C25H25N5O3S2. The fraction of sp³-hybridized carbons (Fsp3) is 0.280. The number of hydrogen-bond donors (Lipinski definition) is 0. The van der Waals surface area contributed by atoms with E-state index in [0.717, 1.165) is 35.0 Å². The van der Waals surface area contributed by atoms with Crippen molar-refractivity contribution in [3.05, 3.63) is 76.7 Å². The first-order chi connectivity index (χ1) is 17.1. The normalized spacial score (nSPS) is 14.4. The molecule has 0 N–H and O–H groups in total. The van der Waals surface area contributed by atoms with Crippen molar-refractivity contribution in [2.45, 2.75) is 11.4 Å². The number of rotatable bonds is 7. The lowest BCUT2D eigenvalue weighted by atomic mass is 10.2. The van der Waals surface area contributed by atoms with Crippen LogP contribution >= 0.6 is 23.1 Å².